The molecule has 7 heteroatoms. The van der Waals surface area contributed by atoms with Crippen molar-refractivity contribution in [2.45, 2.75) is 12.5 Å². The van der Waals surface area contributed by atoms with Crippen LogP contribution >= 0.6 is 23.2 Å². The molecule has 0 atom stereocenters. The molecule has 0 radical (unpaired) electrons. The molecule has 2 nitrogen and oxygen atoms in total. The highest BCUT2D eigenvalue weighted by Gasteiger charge is 2.27. The number of rotatable bonds is 4. The minimum Gasteiger partial charge on any atom is -0.344 e. The second kappa shape index (κ2) is 5.80. The average molecular weight is 300 g/mol. The lowest BCUT2D eigenvalue weighted by Crippen LogP contribution is -2.49. The van der Waals surface area contributed by atoms with E-state index in [1.54, 1.807) is 6.92 Å². The van der Waals surface area contributed by atoms with Crippen LogP contribution in [0, 0.1) is 17.5 Å². The van der Waals surface area contributed by atoms with Crippen molar-refractivity contribution in [1.82, 2.24) is 5.32 Å². The summed E-state index contributed by atoms with van der Waals surface area (Å²) >= 11 is 11.2. The van der Waals surface area contributed by atoms with E-state index >= 15 is 0 Å². The van der Waals surface area contributed by atoms with Gasteiger partial charge in [-0.15, -0.1) is 23.2 Å². The summed E-state index contributed by atoms with van der Waals surface area (Å²) in [5.74, 6) is -5.52. The van der Waals surface area contributed by atoms with E-state index in [9.17, 15) is 18.0 Å². The Labute approximate surface area is 112 Å². The molecule has 0 fully saturated rings. The largest absolute Gasteiger partial charge is 0.344 e. The molecule has 100 valence electrons. The minimum absolute atomic E-state index is 0.00641. The van der Waals surface area contributed by atoms with Crippen molar-refractivity contribution in [2.24, 2.45) is 0 Å². The molecule has 0 heterocycles. The zero-order valence-corrected chi connectivity index (χ0v) is 10.9. The lowest BCUT2D eigenvalue weighted by atomic mass is 10.1. The van der Waals surface area contributed by atoms with Gasteiger partial charge in [0.15, 0.2) is 17.5 Å². The smallest absolute Gasteiger partial charge is 0.254 e. The van der Waals surface area contributed by atoms with Crippen LogP contribution < -0.4 is 5.32 Å². The molecule has 1 rings (SSSR count). The van der Waals surface area contributed by atoms with Crippen LogP contribution in [0.3, 0.4) is 0 Å². The molecular formula is C11H10Cl2F3NO. The molecule has 1 N–H and O–H groups in total. The summed E-state index contributed by atoms with van der Waals surface area (Å²) in [7, 11) is 0. The number of carbonyl (C=O) groups excluding carboxylic acids is 1. The maximum atomic E-state index is 13.4. The van der Waals surface area contributed by atoms with Gasteiger partial charge in [0.1, 0.15) is 0 Å². The van der Waals surface area contributed by atoms with Gasteiger partial charge in [-0.05, 0) is 19.1 Å². The monoisotopic (exact) mass is 299 g/mol. The van der Waals surface area contributed by atoms with Gasteiger partial charge >= 0.3 is 0 Å². The summed E-state index contributed by atoms with van der Waals surface area (Å²) in [6, 6.07) is 1.53. The fraction of sp³-hybridized carbons (Fsp3) is 0.364. The first kappa shape index (κ1) is 15.1. The van der Waals surface area contributed by atoms with Gasteiger partial charge in [-0.25, -0.2) is 13.2 Å². The summed E-state index contributed by atoms with van der Waals surface area (Å²) in [6.45, 7) is 1.54. The number of alkyl halides is 2. The van der Waals surface area contributed by atoms with Gasteiger partial charge in [0.2, 0.25) is 0 Å². The zero-order chi connectivity index (χ0) is 13.9. The van der Waals surface area contributed by atoms with Crippen LogP contribution in [0.25, 0.3) is 0 Å². The van der Waals surface area contributed by atoms with Crippen molar-refractivity contribution in [3.05, 3.63) is 35.1 Å². The first-order chi connectivity index (χ1) is 8.34. The number of benzene rings is 1. The molecule has 0 saturated carbocycles. The number of carbonyl (C=O) groups is 1. The lowest BCUT2D eigenvalue weighted by molar-refractivity contribution is 0.0916. The molecule has 1 aromatic carbocycles. The Morgan fingerprint density at radius 2 is 1.78 bits per heavy atom. The standard InChI is InChI=1S/C11H10Cl2F3NO/c1-11(4-12,5-13)17-10(18)6-2-3-7(14)9(16)8(6)15/h2-3H,4-5H2,1H3,(H,17,18). The van der Waals surface area contributed by atoms with Crippen molar-refractivity contribution in [1.29, 1.82) is 0 Å². The number of hydrogen-bond acceptors (Lipinski definition) is 1. The molecule has 0 aliphatic carbocycles. The van der Waals surface area contributed by atoms with Gasteiger partial charge in [0, 0.05) is 11.8 Å². The van der Waals surface area contributed by atoms with E-state index in [0.717, 1.165) is 6.07 Å². The number of halogens is 5. The van der Waals surface area contributed by atoms with Crippen LogP contribution in [-0.4, -0.2) is 23.2 Å². The van der Waals surface area contributed by atoms with Crippen LogP contribution in [0.1, 0.15) is 17.3 Å². The summed E-state index contributed by atoms with van der Waals surface area (Å²) in [5, 5.41) is 2.36. The highest BCUT2D eigenvalue weighted by molar-refractivity contribution is 6.22. The first-order valence-corrected chi connectivity index (χ1v) is 5.99. The highest BCUT2D eigenvalue weighted by atomic mass is 35.5. The highest BCUT2D eigenvalue weighted by Crippen LogP contribution is 2.17. The predicted octanol–water partition coefficient (Wildman–Crippen LogP) is 3.07. The molecule has 0 saturated heterocycles. The van der Waals surface area contributed by atoms with E-state index in [-0.39, 0.29) is 11.8 Å². The van der Waals surface area contributed by atoms with E-state index in [1.807, 2.05) is 0 Å². The van der Waals surface area contributed by atoms with Crippen molar-refractivity contribution in [3.63, 3.8) is 0 Å². The van der Waals surface area contributed by atoms with E-state index in [2.05, 4.69) is 5.32 Å². The Morgan fingerprint density at radius 1 is 1.22 bits per heavy atom. The summed E-state index contributed by atoms with van der Waals surface area (Å²) in [6.07, 6.45) is 0. The minimum atomic E-state index is -1.69. The number of amides is 1. The third kappa shape index (κ3) is 3.09. The Morgan fingerprint density at radius 3 is 2.28 bits per heavy atom. The topological polar surface area (TPSA) is 29.1 Å². The van der Waals surface area contributed by atoms with Crippen LogP contribution in [0.15, 0.2) is 12.1 Å². The van der Waals surface area contributed by atoms with E-state index in [4.69, 9.17) is 23.2 Å². The molecule has 0 spiro atoms. The maximum Gasteiger partial charge on any atom is 0.254 e. The van der Waals surface area contributed by atoms with Gasteiger partial charge in [0.25, 0.3) is 5.91 Å². The Balaban J connectivity index is 3.02. The van der Waals surface area contributed by atoms with Gasteiger partial charge in [-0.1, -0.05) is 0 Å². The van der Waals surface area contributed by atoms with E-state index in [0.29, 0.717) is 6.07 Å². The fourth-order valence-corrected chi connectivity index (χ4v) is 1.56. The third-order valence-electron chi connectivity index (χ3n) is 2.28. The van der Waals surface area contributed by atoms with Crippen molar-refractivity contribution < 1.29 is 18.0 Å². The molecule has 0 bridgehead atoms. The van der Waals surface area contributed by atoms with Crippen LogP contribution in [-0.2, 0) is 0 Å². The van der Waals surface area contributed by atoms with E-state index in [1.165, 1.54) is 0 Å². The van der Waals surface area contributed by atoms with Gasteiger partial charge in [-0.2, -0.15) is 0 Å². The molecule has 1 aromatic rings. The molecule has 0 aliphatic rings. The van der Waals surface area contributed by atoms with Crippen LogP contribution in [0.5, 0.6) is 0 Å². The van der Waals surface area contributed by atoms with Crippen molar-refractivity contribution >= 4 is 29.1 Å². The second-order valence-electron chi connectivity index (χ2n) is 4.00. The third-order valence-corrected chi connectivity index (χ3v) is 3.46. The SMILES string of the molecule is CC(CCl)(CCl)NC(=O)c1ccc(F)c(F)c1F. The second-order valence-corrected chi connectivity index (χ2v) is 4.54. The zero-order valence-electron chi connectivity index (χ0n) is 9.37. The molecular weight excluding hydrogens is 290 g/mol. The Bertz CT molecular complexity index is 464. The van der Waals surface area contributed by atoms with Gasteiger partial charge < -0.3 is 5.32 Å². The Hall–Kier alpha value is -0.940. The summed E-state index contributed by atoms with van der Waals surface area (Å²) in [5.41, 5.74) is -1.56. The molecule has 0 aliphatic heterocycles. The molecule has 0 aromatic heterocycles. The fourth-order valence-electron chi connectivity index (χ4n) is 1.15. The summed E-state index contributed by atoms with van der Waals surface area (Å²) < 4.78 is 39.0. The predicted molar refractivity (Wildman–Crippen MR) is 63.6 cm³/mol. The van der Waals surface area contributed by atoms with Crippen molar-refractivity contribution in [3.8, 4) is 0 Å². The first-order valence-electron chi connectivity index (χ1n) is 4.92. The molecule has 0 unspecified atom stereocenters. The molecule has 1 amide bonds. The van der Waals surface area contributed by atoms with Crippen LogP contribution in [0.4, 0.5) is 13.2 Å². The van der Waals surface area contributed by atoms with E-state index < -0.39 is 34.5 Å². The van der Waals surface area contributed by atoms with Crippen molar-refractivity contribution in [2.75, 3.05) is 11.8 Å². The summed E-state index contributed by atoms with van der Waals surface area (Å²) in [4.78, 5) is 11.7. The van der Waals surface area contributed by atoms with Crippen LogP contribution in [0.2, 0.25) is 0 Å². The maximum absolute atomic E-state index is 13.4. The average Bonchev–Trinajstić information content (AvgIpc) is 2.35. The lowest BCUT2D eigenvalue weighted by Gasteiger charge is -2.26. The van der Waals surface area contributed by atoms with Gasteiger partial charge in [-0.3, -0.25) is 4.79 Å². The Kier molecular flexibility index (Phi) is 4.87. The number of nitrogens with one attached hydrogen (secondary N) is 1. The van der Waals surface area contributed by atoms with Gasteiger partial charge in [0.05, 0.1) is 11.1 Å². The number of hydrogen-bond donors (Lipinski definition) is 1. The normalized spacial score (nSPS) is 11.4. The molecule has 18 heavy (non-hydrogen) atoms. The quantitative estimate of drug-likeness (QED) is 0.672.